The number of halogens is 1. The SMILES string of the molecule is C[C@@H](Sc1nc2ccccc2c(=O)n1C[C@@H]1CCCO1)c1ccccc1Cl. The van der Waals surface area contributed by atoms with E-state index in [9.17, 15) is 4.79 Å². The smallest absolute Gasteiger partial charge is 0.262 e. The molecule has 0 unspecified atom stereocenters. The van der Waals surface area contributed by atoms with Gasteiger partial charge < -0.3 is 4.74 Å². The first-order chi connectivity index (χ1) is 13.1. The van der Waals surface area contributed by atoms with Gasteiger partial charge in [0, 0.05) is 16.9 Å². The largest absolute Gasteiger partial charge is 0.376 e. The van der Waals surface area contributed by atoms with E-state index in [4.69, 9.17) is 21.3 Å². The van der Waals surface area contributed by atoms with E-state index in [0.29, 0.717) is 17.1 Å². The number of fused-ring (bicyclic) bond motifs is 1. The summed E-state index contributed by atoms with van der Waals surface area (Å²) in [7, 11) is 0. The molecule has 3 aromatic rings. The summed E-state index contributed by atoms with van der Waals surface area (Å²) in [6, 6.07) is 15.3. The van der Waals surface area contributed by atoms with Crippen LogP contribution in [0.4, 0.5) is 0 Å². The number of benzene rings is 2. The Balaban J connectivity index is 1.75. The van der Waals surface area contributed by atoms with Crippen molar-refractivity contribution in [2.45, 2.75) is 42.8 Å². The molecule has 0 aliphatic carbocycles. The number of ether oxygens (including phenoxy) is 1. The van der Waals surface area contributed by atoms with Gasteiger partial charge in [0.2, 0.25) is 0 Å². The lowest BCUT2D eigenvalue weighted by atomic mass is 10.2. The molecule has 27 heavy (non-hydrogen) atoms. The van der Waals surface area contributed by atoms with E-state index in [1.807, 2.05) is 48.5 Å². The molecule has 1 aliphatic rings. The highest BCUT2D eigenvalue weighted by atomic mass is 35.5. The second-order valence-corrected chi connectivity index (χ2v) is 8.46. The van der Waals surface area contributed by atoms with E-state index in [-0.39, 0.29) is 16.9 Å². The van der Waals surface area contributed by atoms with Crippen LogP contribution in [0.15, 0.2) is 58.5 Å². The van der Waals surface area contributed by atoms with Crippen LogP contribution in [-0.4, -0.2) is 22.3 Å². The Hall–Kier alpha value is -1.82. The molecule has 0 N–H and O–H groups in total. The zero-order valence-corrected chi connectivity index (χ0v) is 16.7. The van der Waals surface area contributed by atoms with Crippen LogP contribution in [0.1, 0.15) is 30.6 Å². The van der Waals surface area contributed by atoms with Crippen molar-refractivity contribution in [2.24, 2.45) is 0 Å². The normalized spacial score (nSPS) is 18.1. The van der Waals surface area contributed by atoms with Crippen molar-refractivity contribution >= 4 is 34.3 Å². The Morgan fingerprint density at radius 1 is 1.26 bits per heavy atom. The Bertz CT molecular complexity index is 1010. The maximum Gasteiger partial charge on any atom is 0.262 e. The molecule has 0 saturated carbocycles. The van der Waals surface area contributed by atoms with E-state index >= 15 is 0 Å². The summed E-state index contributed by atoms with van der Waals surface area (Å²) in [4.78, 5) is 18.0. The molecule has 2 heterocycles. The Kier molecular flexibility index (Phi) is 5.53. The van der Waals surface area contributed by atoms with Gasteiger partial charge in [-0.25, -0.2) is 4.98 Å². The van der Waals surface area contributed by atoms with Crippen molar-refractivity contribution in [1.82, 2.24) is 9.55 Å². The van der Waals surface area contributed by atoms with Crippen LogP contribution in [0.3, 0.4) is 0 Å². The lowest BCUT2D eigenvalue weighted by molar-refractivity contribution is 0.0937. The summed E-state index contributed by atoms with van der Waals surface area (Å²) in [5.74, 6) is 0. The van der Waals surface area contributed by atoms with Crippen molar-refractivity contribution in [3.05, 3.63) is 69.5 Å². The van der Waals surface area contributed by atoms with Gasteiger partial charge in [-0.15, -0.1) is 0 Å². The minimum Gasteiger partial charge on any atom is -0.376 e. The second kappa shape index (κ2) is 8.05. The van der Waals surface area contributed by atoms with Gasteiger partial charge in [0.1, 0.15) is 0 Å². The topological polar surface area (TPSA) is 44.1 Å². The third-order valence-corrected chi connectivity index (χ3v) is 6.34. The minimum atomic E-state index is -0.00930. The van der Waals surface area contributed by atoms with Gasteiger partial charge in [-0.2, -0.15) is 0 Å². The quantitative estimate of drug-likeness (QED) is 0.442. The maximum atomic E-state index is 13.1. The van der Waals surface area contributed by atoms with Crippen LogP contribution in [0, 0.1) is 0 Å². The predicted molar refractivity (Wildman–Crippen MR) is 111 cm³/mol. The summed E-state index contributed by atoms with van der Waals surface area (Å²) in [6.45, 7) is 3.39. The zero-order chi connectivity index (χ0) is 18.8. The lowest BCUT2D eigenvalue weighted by Gasteiger charge is -2.19. The average molecular weight is 401 g/mol. The fraction of sp³-hybridized carbons (Fsp3) is 0.333. The van der Waals surface area contributed by atoms with E-state index in [1.54, 1.807) is 16.3 Å². The van der Waals surface area contributed by atoms with E-state index in [1.165, 1.54) is 0 Å². The Labute approximate surface area is 167 Å². The Morgan fingerprint density at radius 3 is 2.81 bits per heavy atom. The standard InChI is InChI=1S/C21H21ClN2O2S/c1-14(16-8-2-4-10-18(16)22)27-21-23-19-11-5-3-9-17(19)20(25)24(21)13-15-7-6-12-26-15/h2-5,8-11,14-15H,6-7,12-13H2,1H3/t14-,15+/m1/s1. The van der Waals surface area contributed by atoms with Crippen LogP contribution in [0.25, 0.3) is 10.9 Å². The van der Waals surface area contributed by atoms with Gasteiger partial charge in [0.15, 0.2) is 5.16 Å². The van der Waals surface area contributed by atoms with Crippen LogP contribution < -0.4 is 5.56 Å². The number of nitrogens with zero attached hydrogens (tertiary/aromatic N) is 2. The van der Waals surface area contributed by atoms with Crippen LogP contribution in [-0.2, 0) is 11.3 Å². The highest BCUT2D eigenvalue weighted by Gasteiger charge is 2.22. The third-order valence-electron chi connectivity index (χ3n) is 4.86. The molecular weight excluding hydrogens is 380 g/mol. The number of hydrogen-bond donors (Lipinski definition) is 0. The zero-order valence-electron chi connectivity index (χ0n) is 15.1. The first-order valence-corrected chi connectivity index (χ1v) is 10.4. The fourth-order valence-corrected chi connectivity index (χ4v) is 4.87. The number of para-hydroxylation sites is 1. The van der Waals surface area contributed by atoms with Gasteiger partial charge in [-0.05, 0) is 43.5 Å². The first kappa shape index (κ1) is 18.5. The molecule has 0 bridgehead atoms. The fourth-order valence-electron chi connectivity index (χ4n) is 3.42. The van der Waals surface area contributed by atoms with Gasteiger partial charge in [-0.1, -0.05) is 53.7 Å². The summed E-state index contributed by atoms with van der Waals surface area (Å²) in [6.07, 6.45) is 2.09. The molecule has 2 aromatic carbocycles. The summed E-state index contributed by atoms with van der Waals surface area (Å²) < 4.78 is 7.54. The molecular formula is C21H21ClN2O2S. The van der Waals surface area contributed by atoms with Gasteiger partial charge in [0.05, 0.1) is 23.6 Å². The molecule has 1 fully saturated rings. The molecule has 4 rings (SSSR count). The van der Waals surface area contributed by atoms with E-state index < -0.39 is 0 Å². The number of hydrogen-bond acceptors (Lipinski definition) is 4. The molecule has 140 valence electrons. The van der Waals surface area contributed by atoms with Crippen molar-refractivity contribution in [2.75, 3.05) is 6.61 Å². The molecule has 0 radical (unpaired) electrons. The molecule has 6 heteroatoms. The molecule has 0 amide bonds. The Morgan fingerprint density at radius 2 is 2.04 bits per heavy atom. The number of thioether (sulfide) groups is 1. The molecule has 1 saturated heterocycles. The van der Waals surface area contributed by atoms with Crippen molar-refractivity contribution in [3.63, 3.8) is 0 Å². The predicted octanol–water partition coefficient (Wildman–Crippen LogP) is 5.08. The number of aromatic nitrogens is 2. The number of rotatable bonds is 5. The monoisotopic (exact) mass is 400 g/mol. The lowest BCUT2D eigenvalue weighted by Crippen LogP contribution is -2.29. The maximum absolute atomic E-state index is 13.1. The highest BCUT2D eigenvalue weighted by Crippen LogP contribution is 2.37. The van der Waals surface area contributed by atoms with Crippen molar-refractivity contribution < 1.29 is 4.74 Å². The van der Waals surface area contributed by atoms with Crippen LogP contribution >= 0.6 is 23.4 Å². The van der Waals surface area contributed by atoms with E-state index in [2.05, 4.69) is 6.92 Å². The minimum absolute atomic E-state index is 0.00930. The van der Waals surface area contributed by atoms with Crippen molar-refractivity contribution in [3.8, 4) is 0 Å². The summed E-state index contributed by atoms with van der Waals surface area (Å²) in [5.41, 5.74) is 1.75. The highest BCUT2D eigenvalue weighted by molar-refractivity contribution is 7.99. The van der Waals surface area contributed by atoms with Gasteiger partial charge in [0.25, 0.3) is 5.56 Å². The molecule has 0 spiro atoms. The third kappa shape index (κ3) is 3.91. The van der Waals surface area contributed by atoms with Crippen LogP contribution in [0.2, 0.25) is 5.02 Å². The van der Waals surface area contributed by atoms with Gasteiger partial charge >= 0.3 is 0 Å². The van der Waals surface area contributed by atoms with E-state index in [0.717, 1.165) is 35.6 Å². The van der Waals surface area contributed by atoms with Crippen molar-refractivity contribution in [1.29, 1.82) is 0 Å². The molecule has 2 atom stereocenters. The average Bonchev–Trinajstić information content (AvgIpc) is 3.18. The molecule has 1 aliphatic heterocycles. The summed E-state index contributed by atoms with van der Waals surface area (Å²) in [5, 5.41) is 2.15. The molecule has 1 aromatic heterocycles. The van der Waals surface area contributed by atoms with Gasteiger partial charge in [-0.3, -0.25) is 9.36 Å². The summed E-state index contributed by atoms with van der Waals surface area (Å²) >= 11 is 7.93. The first-order valence-electron chi connectivity index (χ1n) is 9.16. The second-order valence-electron chi connectivity index (χ2n) is 6.74. The van der Waals surface area contributed by atoms with Crippen LogP contribution in [0.5, 0.6) is 0 Å². The molecule has 4 nitrogen and oxygen atoms in total.